The zero-order valence-electron chi connectivity index (χ0n) is 12.5. The number of sulfonamides is 1. The number of nitrogens with one attached hydrogen (secondary N) is 1. The minimum Gasteiger partial charge on any atom is -0.462 e. The van der Waals surface area contributed by atoms with Crippen molar-refractivity contribution in [3.05, 3.63) is 17.6 Å². The van der Waals surface area contributed by atoms with Crippen molar-refractivity contribution in [2.75, 3.05) is 0 Å². The molecule has 0 aliphatic rings. The van der Waals surface area contributed by atoms with Crippen LogP contribution in [0.15, 0.2) is 15.4 Å². The SMILES string of the molecule is CCCCC(CCC)NS(=O)(=O)c1cc(CO)oc1C. The largest absolute Gasteiger partial charge is 0.462 e. The summed E-state index contributed by atoms with van der Waals surface area (Å²) in [7, 11) is -3.59. The van der Waals surface area contributed by atoms with Crippen molar-refractivity contribution < 1.29 is 17.9 Å². The normalized spacial score (nSPS) is 13.6. The van der Waals surface area contributed by atoms with E-state index in [1.54, 1.807) is 6.92 Å². The molecule has 1 heterocycles. The molecule has 0 bridgehead atoms. The third-order valence-corrected chi connectivity index (χ3v) is 4.86. The summed E-state index contributed by atoms with van der Waals surface area (Å²) in [6, 6.07) is 1.34. The Labute approximate surface area is 121 Å². The topological polar surface area (TPSA) is 79.5 Å². The summed E-state index contributed by atoms with van der Waals surface area (Å²) in [5.74, 6) is 0.579. The van der Waals surface area contributed by atoms with E-state index in [4.69, 9.17) is 9.52 Å². The van der Waals surface area contributed by atoms with E-state index in [0.717, 1.165) is 32.1 Å². The first-order valence-corrected chi connectivity index (χ1v) is 8.65. The van der Waals surface area contributed by atoms with E-state index >= 15 is 0 Å². The second-order valence-corrected chi connectivity index (χ2v) is 6.72. The lowest BCUT2D eigenvalue weighted by molar-refractivity contribution is 0.244. The Balaban J connectivity index is 2.87. The average Bonchev–Trinajstić information content (AvgIpc) is 2.78. The molecule has 1 aromatic rings. The molecule has 0 aliphatic heterocycles. The first kappa shape index (κ1) is 17.2. The molecule has 0 amide bonds. The highest BCUT2D eigenvalue weighted by atomic mass is 32.2. The zero-order chi connectivity index (χ0) is 15.2. The van der Waals surface area contributed by atoms with Gasteiger partial charge in [0.25, 0.3) is 0 Å². The quantitative estimate of drug-likeness (QED) is 0.735. The maximum atomic E-state index is 12.4. The molecule has 20 heavy (non-hydrogen) atoms. The molecule has 1 rings (SSSR count). The monoisotopic (exact) mass is 303 g/mol. The van der Waals surface area contributed by atoms with Crippen LogP contribution in [0.1, 0.15) is 57.5 Å². The number of aliphatic hydroxyl groups is 1. The molecule has 5 nitrogen and oxygen atoms in total. The fraction of sp³-hybridized carbons (Fsp3) is 0.714. The van der Waals surface area contributed by atoms with E-state index in [0.29, 0.717) is 5.76 Å². The smallest absolute Gasteiger partial charge is 0.244 e. The number of rotatable bonds is 9. The number of aliphatic hydroxyl groups excluding tert-OH is 1. The Kier molecular flexibility index (Phi) is 6.71. The van der Waals surface area contributed by atoms with Gasteiger partial charge in [-0.3, -0.25) is 0 Å². The minimum absolute atomic E-state index is 0.0446. The second kappa shape index (κ2) is 7.81. The maximum Gasteiger partial charge on any atom is 0.244 e. The van der Waals surface area contributed by atoms with Crippen molar-refractivity contribution in [2.24, 2.45) is 0 Å². The van der Waals surface area contributed by atoms with E-state index in [2.05, 4.69) is 11.6 Å². The van der Waals surface area contributed by atoms with Crippen LogP contribution in [-0.4, -0.2) is 19.6 Å². The van der Waals surface area contributed by atoms with Crippen molar-refractivity contribution >= 4 is 10.0 Å². The van der Waals surface area contributed by atoms with Gasteiger partial charge in [-0.2, -0.15) is 0 Å². The predicted molar refractivity (Wildman–Crippen MR) is 77.9 cm³/mol. The highest BCUT2D eigenvalue weighted by molar-refractivity contribution is 7.89. The summed E-state index contributed by atoms with van der Waals surface area (Å²) in [5.41, 5.74) is 0. The minimum atomic E-state index is -3.59. The highest BCUT2D eigenvalue weighted by Crippen LogP contribution is 2.21. The van der Waals surface area contributed by atoms with Gasteiger partial charge in [-0.25, -0.2) is 13.1 Å². The number of furan rings is 1. The molecule has 0 saturated heterocycles. The maximum absolute atomic E-state index is 12.4. The first-order chi connectivity index (χ1) is 9.44. The van der Waals surface area contributed by atoms with Crippen LogP contribution in [0.25, 0.3) is 0 Å². The lowest BCUT2D eigenvalue weighted by Crippen LogP contribution is -2.34. The van der Waals surface area contributed by atoms with Crippen LogP contribution in [0.4, 0.5) is 0 Å². The molecule has 0 aliphatic carbocycles. The van der Waals surface area contributed by atoms with Crippen molar-refractivity contribution in [3.8, 4) is 0 Å². The molecule has 1 aromatic heterocycles. The van der Waals surface area contributed by atoms with Gasteiger partial charge in [0.15, 0.2) is 0 Å². The first-order valence-electron chi connectivity index (χ1n) is 7.17. The number of hydrogen-bond donors (Lipinski definition) is 2. The van der Waals surface area contributed by atoms with Crippen LogP contribution < -0.4 is 4.72 Å². The highest BCUT2D eigenvalue weighted by Gasteiger charge is 2.24. The van der Waals surface area contributed by atoms with Crippen LogP contribution in [0.3, 0.4) is 0 Å². The fourth-order valence-corrected chi connectivity index (χ4v) is 3.72. The Hall–Kier alpha value is -0.850. The molecule has 0 aromatic carbocycles. The molecule has 1 unspecified atom stereocenters. The summed E-state index contributed by atoms with van der Waals surface area (Å²) >= 11 is 0. The van der Waals surface area contributed by atoms with Gasteiger partial charge in [0.1, 0.15) is 23.0 Å². The van der Waals surface area contributed by atoms with Crippen molar-refractivity contribution in [3.63, 3.8) is 0 Å². The molecule has 116 valence electrons. The lowest BCUT2D eigenvalue weighted by Gasteiger charge is -2.17. The van der Waals surface area contributed by atoms with Crippen LogP contribution in [-0.2, 0) is 16.6 Å². The van der Waals surface area contributed by atoms with Crippen molar-refractivity contribution in [1.29, 1.82) is 0 Å². The van der Waals surface area contributed by atoms with E-state index in [9.17, 15) is 8.42 Å². The number of hydrogen-bond acceptors (Lipinski definition) is 4. The van der Waals surface area contributed by atoms with Gasteiger partial charge in [-0.1, -0.05) is 33.1 Å². The Bertz CT molecular complexity index is 507. The van der Waals surface area contributed by atoms with Gasteiger partial charge in [-0.15, -0.1) is 0 Å². The summed E-state index contributed by atoms with van der Waals surface area (Å²) < 4.78 is 32.7. The predicted octanol–water partition coefficient (Wildman–Crippen LogP) is 2.72. The summed E-state index contributed by atoms with van der Waals surface area (Å²) in [6.07, 6.45) is 4.64. The standard InChI is InChI=1S/C14H25NO4S/c1-4-6-8-12(7-5-2)15-20(17,18)14-9-13(10-16)19-11(14)3/h9,12,15-16H,4-8,10H2,1-3H3. The van der Waals surface area contributed by atoms with Crippen LogP contribution in [0, 0.1) is 6.92 Å². The lowest BCUT2D eigenvalue weighted by atomic mass is 10.1. The molecular formula is C14H25NO4S. The van der Waals surface area contributed by atoms with Gasteiger partial charge in [-0.05, 0) is 19.8 Å². The number of unbranched alkanes of at least 4 members (excludes halogenated alkanes) is 1. The van der Waals surface area contributed by atoms with E-state index in [-0.39, 0.29) is 23.3 Å². The van der Waals surface area contributed by atoms with Gasteiger partial charge in [0, 0.05) is 12.1 Å². The van der Waals surface area contributed by atoms with Crippen LogP contribution in [0.2, 0.25) is 0 Å². The van der Waals surface area contributed by atoms with Crippen LogP contribution >= 0.6 is 0 Å². The molecule has 2 N–H and O–H groups in total. The van der Waals surface area contributed by atoms with E-state index in [1.807, 2.05) is 6.92 Å². The van der Waals surface area contributed by atoms with Crippen LogP contribution in [0.5, 0.6) is 0 Å². The third kappa shape index (κ3) is 4.61. The second-order valence-electron chi connectivity index (χ2n) is 5.04. The zero-order valence-corrected chi connectivity index (χ0v) is 13.3. The fourth-order valence-electron chi connectivity index (χ4n) is 2.21. The van der Waals surface area contributed by atoms with Gasteiger partial charge in [0.2, 0.25) is 10.0 Å². The average molecular weight is 303 g/mol. The molecule has 0 radical (unpaired) electrons. The molecule has 0 saturated carbocycles. The Morgan fingerprint density at radius 3 is 2.50 bits per heavy atom. The van der Waals surface area contributed by atoms with Crippen molar-refractivity contribution in [1.82, 2.24) is 4.72 Å². The van der Waals surface area contributed by atoms with E-state index in [1.165, 1.54) is 6.07 Å². The van der Waals surface area contributed by atoms with Gasteiger partial charge in [0.05, 0.1) is 0 Å². The van der Waals surface area contributed by atoms with Crippen molar-refractivity contribution in [2.45, 2.75) is 70.4 Å². The molecule has 6 heteroatoms. The molecule has 0 fully saturated rings. The summed E-state index contributed by atoms with van der Waals surface area (Å²) in [6.45, 7) is 5.42. The van der Waals surface area contributed by atoms with Gasteiger partial charge < -0.3 is 9.52 Å². The Morgan fingerprint density at radius 2 is 2.00 bits per heavy atom. The van der Waals surface area contributed by atoms with Gasteiger partial charge >= 0.3 is 0 Å². The third-order valence-electron chi connectivity index (χ3n) is 3.23. The molecule has 0 spiro atoms. The number of aryl methyl sites for hydroxylation is 1. The van der Waals surface area contributed by atoms with E-state index < -0.39 is 10.0 Å². The Morgan fingerprint density at radius 1 is 1.30 bits per heavy atom. The molecular weight excluding hydrogens is 278 g/mol. The molecule has 1 atom stereocenters. The summed E-state index contributed by atoms with van der Waals surface area (Å²) in [5, 5.41) is 9.01. The summed E-state index contributed by atoms with van der Waals surface area (Å²) in [4.78, 5) is 0.124.